The van der Waals surface area contributed by atoms with Gasteiger partial charge in [-0.25, -0.2) is 4.79 Å². The van der Waals surface area contributed by atoms with Gasteiger partial charge in [0, 0.05) is 10.0 Å². The predicted molar refractivity (Wildman–Crippen MR) is 84.2 cm³/mol. The molecular formula is C15H12Cl2N2O2. The second-order valence-corrected chi connectivity index (χ2v) is 5.57. The molecule has 6 heteroatoms. The third-order valence-corrected chi connectivity index (χ3v) is 3.72. The second kappa shape index (κ2) is 5.56. The maximum absolute atomic E-state index is 11.2. The van der Waals surface area contributed by atoms with Crippen molar-refractivity contribution in [2.75, 3.05) is 7.05 Å². The zero-order valence-electron chi connectivity index (χ0n) is 11.1. The van der Waals surface area contributed by atoms with Gasteiger partial charge in [0.25, 0.3) is 0 Å². The standard InChI is InChI=1S/C15H12Cl2N2O2/c1-18-14(9-4-10(16)7-11(17)5-9)8-2-3-12-13(6-8)21-15(20)19-12/h2-7,14,18H,1H3,(H,19,20). The monoisotopic (exact) mass is 322 g/mol. The normalized spacial score (nSPS) is 12.7. The van der Waals surface area contributed by atoms with Crippen LogP contribution in [0.15, 0.2) is 45.6 Å². The fourth-order valence-corrected chi connectivity index (χ4v) is 2.95. The molecule has 0 spiro atoms. The predicted octanol–water partition coefficient (Wildman–Crippen LogP) is 3.74. The Labute approximate surface area is 130 Å². The van der Waals surface area contributed by atoms with Gasteiger partial charge in [-0.05, 0) is 48.5 Å². The topological polar surface area (TPSA) is 58.0 Å². The van der Waals surface area contributed by atoms with Crippen LogP contribution in [0.4, 0.5) is 0 Å². The van der Waals surface area contributed by atoms with Gasteiger partial charge in [0.1, 0.15) is 0 Å². The molecule has 0 aliphatic rings. The van der Waals surface area contributed by atoms with E-state index >= 15 is 0 Å². The van der Waals surface area contributed by atoms with E-state index in [-0.39, 0.29) is 6.04 Å². The third-order valence-electron chi connectivity index (χ3n) is 3.29. The van der Waals surface area contributed by atoms with E-state index in [0.29, 0.717) is 21.1 Å². The van der Waals surface area contributed by atoms with Crippen molar-refractivity contribution in [3.63, 3.8) is 0 Å². The van der Waals surface area contributed by atoms with Crippen molar-refractivity contribution in [2.24, 2.45) is 0 Å². The first-order chi connectivity index (χ1) is 10.1. The van der Waals surface area contributed by atoms with Crippen molar-refractivity contribution in [3.8, 4) is 0 Å². The van der Waals surface area contributed by atoms with E-state index < -0.39 is 5.76 Å². The number of fused-ring (bicyclic) bond motifs is 1. The molecule has 3 rings (SSSR count). The first kappa shape index (κ1) is 14.2. The molecule has 1 unspecified atom stereocenters. The molecule has 1 aromatic heterocycles. The van der Waals surface area contributed by atoms with Crippen LogP contribution in [0.25, 0.3) is 11.1 Å². The lowest BCUT2D eigenvalue weighted by atomic mass is 9.98. The summed E-state index contributed by atoms with van der Waals surface area (Å²) in [7, 11) is 1.84. The molecule has 1 atom stereocenters. The number of oxazole rings is 1. The van der Waals surface area contributed by atoms with E-state index in [0.717, 1.165) is 11.1 Å². The average Bonchev–Trinajstić information content (AvgIpc) is 2.78. The Morgan fingerprint density at radius 2 is 1.81 bits per heavy atom. The Bertz CT molecular complexity index is 834. The van der Waals surface area contributed by atoms with Gasteiger partial charge in [0.05, 0.1) is 11.6 Å². The first-order valence-corrected chi connectivity index (χ1v) is 7.08. The molecule has 108 valence electrons. The lowest BCUT2D eigenvalue weighted by Crippen LogP contribution is -2.17. The minimum absolute atomic E-state index is 0.106. The van der Waals surface area contributed by atoms with Gasteiger partial charge in [-0.2, -0.15) is 0 Å². The Balaban J connectivity index is 2.10. The van der Waals surface area contributed by atoms with Crippen molar-refractivity contribution in [1.82, 2.24) is 10.3 Å². The van der Waals surface area contributed by atoms with Gasteiger partial charge in [0.15, 0.2) is 5.58 Å². The summed E-state index contributed by atoms with van der Waals surface area (Å²) in [6.45, 7) is 0. The number of nitrogens with one attached hydrogen (secondary N) is 2. The average molecular weight is 323 g/mol. The number of aromatic amines is 1. The molecule has 0 radical (unpaired) electrons. The highest BCUT2D eigenvalue weighted by Gasteiger charge is 2.15. The van der Waals surface area contributed by atoms with E-state index in [1.54, 1.807) is 6.07 Å². The van der Waals surface area contributed by atoms with Gasteiger partial charge in [-0.1, -0.05) is 29.3 Å². The van der Waals surface area contributed by atoms with Crippen molar-refractivity contribution in [1.29, 1.82) is 0 Å². The molecule has 0 saturated heterocycles. The third kappa shape index (κ3) is 2.83. The molecule has 0 saturated carbocycles. The summed E-state index contributed by atoms with van der Waals surface area (Å²) in [6.07, 6.45) is 0. The molecule has 0 fully saturated rings. The van der Waals surface area contributed by atoms with Crippen LogP contribution in [0.2, 0.25) is 10.0 Å². The van der Waals surface area contributed by atoms with Gasteiger partial charge >= 0.3 is 5.76 Å². The van der Waals surface area contributed by atoms with Crippen LogP contribution >= 0.6 is 23.2 Å². The van der Waals surface area contributed by atoms with Crippen LogP contribution in [-0.4, -0.2) is 12.0 Å². The van der Waals surface area contributed by atoms with Crippen LogP contribution in [0, 0.1) is 0 Å². The van der Waals surface area contributed by atoms with Crippen LogP contribution in [0.3, 0.4) is 0 Å². The number of benzene rings is 2. The Hall–Kier alpha value is -1.75. The van der Waals surface area contributed by atoms with Crippen LogP contribution in [-0.2, 0) is 0 Å². The Kier molecular flexibility index (Phi) is 3.76. The molecule has 3 aromatic rings. The number of hydrogen-bond donors (Lipinski definition) is 2. The van der Waals surface area contributed by atoms with Crippen molar-refractivity contribution in [2.45, 2.75) is 6.04 Å². The van der Waals surface area contributed by atoms with Crippen molar-refractivity contribution in [3.05, 3.63) is 68.1 Å². The Morgan fingerprint density at radius 3 is 2.48 bits per heavy atom. The minimum Gasteiger partial charge on any atom is -0.408 e. The number of hydrogen-bond acceptors (Lipinski definition) is 3. The van der Waals surface area contributed by atoms with Crippen molar-refractivity contribution < 1.29 is 4.42 Å². The first-order valence-electron chi connectivity index (χ1n) is 6.33. The van der Waals surface area contributed by atoms with Crippen molar-refractivity contribution >= 4 is 34.3 Å². The second-order valence-electron chi connectivity index (χ2n) is 4.69. The zero-order chi connectivity index (χ0) is 15.0. The largest absolute Gasteiger partial charge is 0.417 e. The molecule has 2 N–H and O–H groups in total. The maximum atomic E-state index is 11.2. The summed E-state index contributed by atoms with van der Waals surface area (Å²) in [5, 5.41) is 4.37. The van der Waals surface area contributed by atoms with E-state index in [9.17, 15) is 4.79 Å². The van der Waals surface area contributed by atoms with Gasteiger partial charge < -0.3 is 9.73 Å². The van der Waals surface area contributed by atoms with E-state index in [2.05, 4.69) is 10.3 Å². The molecule has 0 amide bonds. The molecule has 0 aliphatic carbocycles. The maximum Gasteiger partial charge on any atom is 0.417 e. The Morgan fingerprint density at radius 1 is 1.10 bits per heavy atom. The van der Waals surface area contributed by atoms with Gasteiger partial charge in [0.2, 0.25) is 0 Å². The number of rotatable bonds is 3. The molecule has 1 heterocycles. The molecule has 0 aliphatic heterocycles. The zero-order valence-corrected chi connectivity index (χ0v) is 12.6. The quantitative estimate of drug-likeness (QED) is 0.772. The highest BCUT2D eigenvalue weighted by atomic mass is 35.5. The molecule has 4 nitrogen and oxygen atoms in total. The summed E-state index contributed by atoms with van der Waals surface area (Å²) < 4.78 is 5.10. The van der Waals surface area contributed by atoms with Crippen LogP contribution < -0.4 is 11.1 Å². The van der Waals surface area contributed by atoms with E-state index in [1.807, 2.05) is 37.4 Å². The lowest BCUT2D eigenvalue weighted by Gasteiger charge is -2.17. The lowest BCUT2D eigenvalue weighted by molar-refractivity contribution is 0.554. The summed E-state index contributed by atoms with van der Waals surface area (Å²) >= 11 is 12.1. The summed E-state index contributed by atoms with van der Waals surface area (Å²) in [6, 6.07) is 10.8. The smallest absolute Gasteiger partial charge is 0.408 e. The SMILES string of the molecule is CNC(c1cc(Cl)cc(Cl)c1)c1ccc2[nH]c(=O)oc2c1. The van der Waals surface area contributed by atoms with E-state index in [4.69, 9.17) is 27.6 Å². The highest BCUT2D eigenvalue weighted by Crippen LogP contribution is 2.28. The number of halogens is 2. The fraction of sp³-hybridized carbons (Fsp3) is 0.133. The van der Waals surface area contributed by atoms with Crippen LogP contribution in [0.1, 0.15) is 17.2 Å². The van der Waals surface area contributed by atoms with Gasteiger partial charge in [-0.3, -0.25) is 4.98 Å². The number of H-pyrrole nitrogens is 1. The fourth-order valence-electron chi connectivity index (χ4n) is 2.41. The molecule has 21 heavy (non-hydrogen) atoms. The molecule has 0 bridgehead atoms. The summed E-state index contributed by atoms with van der Waals surface area (Å²) in [5.41, 5.74) is 3.08. The molecular weight excluding hydrogens is 311 g/mol. The summed E-state index contributed by atoms with van der Waals surface area (Å²) in [4.78, 5) is 13.8. The van der Waals surface area contributed by atoms with E-state index in [1.165, 1.54) is 0 Å². The number of aromatic nitrogens is 1. The molecule has 2 aromatic carbocycles. The van der Waals surface area contributed by atoms with Gasteiger partial charge in [-0.15, -0.1) is 0 Å². The summed E-state index contributed by atoms with van der Waals surface area (Å²) in [5.74, 6) is -0.464. The highest BCUT2D eigenvalue weighted by molar-refractivity contribution is 6.34. The minimum atomic E-state index is -0.464. The van der Waals surface area contributed by atoms with Crippen LogP contribution in [0.5, 0.6) is 0 Å².